The summed E-state index contributed by atoms with van der Waals surface area (Å²) in [4.78, 5) is 16.6. The van der Waals surface area contributed by atoms with Crippen LogP contribution in [0.4, 0.5) is 13.2 Å². The second kappa shape index (κ2) is 10.3. The van der Waals surface area contributed by atoms with Gasteiger partial charge in [0.25, 0.3) is 5.56 Å². The van der Waals surface area contributed by atoms with Gasteiger partial charge in [0, 0.05) is 32.0 Å². The maximum atomic E-state index is 12.5. The number of ether oxygens (including phenoxy) is 2. The molecule has 0 saturated carbocycles. The molecular formula is C23H28F3N3O3. The van der Waals surface area contributed by atoms with Gasteiger partial charge in [-0.25, -0.2) is 4.98 Å². The third-order valence-corrected chi connectivity index (χ3v) is 5.23. The van der Waals surface area contributed by atoms with Crippen LogP contribution in [0, 0.1) is 6.92 Å². The minimum absolute atomic E-state index is 0.0145. The third kappa shape index (κ3) is 5.98. The molecule has 0 aliphatic carbocycles. The van der Waals surface area contributed by atoms with Crippen LogP contribution in [0.1, 0.15) is 37.6 Å². The lowest BCUT2D eigenvalue weighted by Crippen LogP contribution is -2.18. The van der Waals surface area contributed by atoms with Gasteiger partial charge in [-0.3, -0.25) is 9.53 Å². The van der Waals surface area contributed by atoms with E-state index in [9.17, 15) is 18.0 Å². The maximum absolute atomic E-state index is 12.5. The first-order chi connectivity index (χ1) is 15.2. The number of nitrogens with zero attached hydrogens (tertiary/aromatic N) is 3. The Labute approximate surface area is 184 Å². The van der Waals surface area contributed by atoms with E-state index in [-0.39, 0.29) is 18.7 Å². The van der Waals surface area contributed by atoms with Crippen LogP contribution < -0.4 is 5.56 Å². The number of aryl methyl sites for hydroxylation is 2. The van der Waals surface area contributed by atoms with Crippen molar-refractivity contribution in [3.05, 3.63) is 52.2 Å². The van der Waals surface area contributed by atoms with Crippen LogP contribution >= 0.6 is 0 Å². The minimum Gasteiger partial charge on any atom is -0.374 e. The average molecular weight is 451 g/mol. The molecule has 1 aromatic carbocycles. The average Bonchev–Trinajstić information content (AvgIpc) is 3.07. The SMILES string of the molecule is CCCCCOCc1nc2ccc(-c3cc(C)c(=O)n(C)c3)cc2n1CCOC(F)(F)F. The molecule has 0 spiro atoms. The van der Waals surface area contributed by atoms with Gasteiger partial charge in [-0.1, -0.05) is 25.8 Å². The normalized spacial score (nSPS) is 12.1. The van der Waals surface area contributed by atoms with Crippen LogP contribution in [0.25, 0.3) is 22.2 Å². The molecule has 0 atom stereocenters. The monoisotopic (exact) mass is 451 g/mol. The van der Waals surface area contributed by atoms with Crippen LogP contribution in [0.2, 0.25) is 0 Å². The molecule has 0 fully saturated rings. The Morgan fingerprint density at radius 2 is 1.88 bits per heavy atom. The Balaban J connectivity index is 1.94. The largest absolute Gasteiger partial charge is 0.522 e. The van der Waals surface area contributed by atoms with Gasteiger partial charge in [0.15, 0.2) is 0 Å². The predicted molar refractivity (Wildman–Crippen MR) is 116 cm³/mol. The van der Waals surface area contributed by atoms with Crippen LogP contribution in [-0.2, 0) is 29.7 Å². The third-order valence-electron chi connectivity index (χ3n) is 5.23. The van der Waals surface area contributed by atoms with Gasteiger partial charge < -0.3 is 13.9 Å². The molecule has 32 heavy (non-hydrogen) atoms. The topological polar surface area (TPSA) is 58.3 Å². The molecule has 0 radical (unpaired) electrons. The number of rotatable bonds is 10. The summed E-state index contributed by atoms with van der Waals surface area (Å²) in [6.07, 6.45) is 0.0960. The number of benzene rings is 1. The zero-order valence-corrected chi connectivity index (χ0v) is 18.5. The minimum atomic E-state index is -4.69. The smallest absolute Gasteiger partial charge is 0.374 e. The Kier molecular flexibility index (Phi) is 7.73. The molecule has 6 nitrogen and oxygen atoms in total. The van der Waals surface area contributed by atoms with Gasteiger partial charge >= 0.3 is 6.36 Å². The number of hydrogen-bond acceptors (Lipinski definition) is 4. The second-order valence-corrected chi connectivity index (χ2v) is 7.76. The van der Waals surface area contributed by atoms with Crippen molar-refractivity contribution in [3.8, 4) is 11.1 Å². The summed E-state index contributed by atoms with van der Waals surface area (Å²) in [5, 5.41) is 0. The van der Waals surface area contributed by atoms with Crippen molar-refractivity contribution >= 4 is 11.0 Å². The van der Waals surface area contributed by atoms with Crippen molar-refractivity contribution in [2.24, 2.45) is 7.05 Å². The van der Waals surface area contributed by atoms with E-state index >= 15 is 0 Å². The molecule has 2 aromatic heterocycles. The molecule has 0 N–H and O–H groups in total. The molecule has 0 saturated heterocycles. The van der Waals surface area contributed by atoms with Crippen molar-refractivity contribution in [2.75, 3.05) is 13.2 Å². The van der Waals surface area contributed by atoms with E-state index in [1.54, 1.807) is 30.8 Å². The van der Waals surface area contributed by atoms with E-state index in [1.807, 2.05) is 18.2 Å². The van der Waals surface area contributed by atoms with Gasteiger partial charge in [0.1, 0.15) is 12.4 Å². The molecular weight excluding hydrogens is 423 g/mol. The van der Waals surface area contributed by atoms with E-state index in [0.29, 0.717) is 29.0 Å². The summed E-state index contributed by atoms with van der Waals surface area (Å²) in [6, 6.07) is 7.38. The fraction of sp³-hybridized carbons (Fsp3) is 0.478. The van der Waals surface area contributed by atoms with E-state index in [2.05, 4.69) is 16.6 Å². The number of imidazole rings is 1. The summed E-state index contributed by atoms with van der Waals surface area (Å²) < 4.78 is 50.5. The first-order valence-corrected chi connectivity index (χ1v) is 10.6. The molecule has 0 aliphatic rings. The lowest BCUT2D eigenvalue weighted by Gasteiger charge is -2.12. The van der Waals surface area contributed by atoms with Gasteiger partial charge in [0.2, 0.25) is 0 Å². The Bertz CT molecular complexity index is 1090. The molecule has 0 bridgehead atoms. The highest BCUT2D eigenvalue weighted by Gasteiger charge is 2.29. The summed E-state index contributed by atoms with van der Waals surface area (Å²) in [6.45, 7) is 4.08. The fourth-order valence-electron chi connectivity index (χ4n) is 3.62. The van der Waals surface area contributed by atoms with E-state index in [4.69, 9.17) is 4.74 Å². The highest BCUT2D eigenvalue weighted by molar-refractivity contribution is 5.82. The molecule has 3 aromatic rings. The number of alkyl halides is 3. The number of pyridine rings is 1. The number of unbranched alkanes of at least 4 members (excludes halogenated alkanes) is 2. The number of hydrogen-bond donors (Lipinski definition) is 0. The number of aromatic nitrogens is 3. The Morgan fingerprint density at radius 3 is 2.56 bits per heavy atom. The van der Waals surface area contributed by atoms with Crippen molar-refractivity contribution in [3.63, 3.8) is 0 Å². The summed E-state index contributed by atoms with van der Waals surface area (Å²) in [5.41, 5.74) is 3.55. The number of fused-ring (bicyclic) bond motifs is 1. The predicted octanol–water partition coefficient (Wildman–Crippen LogP) is 4.95. The number of halogens is 3. The molecule has 0 amide bonds. The molecule has 0 aliphatic heterocycles. The molecule has 3 rings (SSSR count). The summed E-state index contributed by atoms with van der Waals surface area (Å²) in [5.74, 6) is 0.552. The zero-order valence-electron chi connectivity index (χ0n) is 18.5. The van der Waals surface area contributed by atoms with Crippen LogP contribution in [0.3, 0.4) is 0 Å². The molecule has 0 unspecified atom stereocenters. The first kappa shape index (κ1) is 24.0. The second-order valence-electron chi connectivity index (χ2n) is 7.76. The molecule has 2 heterocycles. The van der Waals surface area contributed by atoms with Gasteiger partial charge in [-0.2, -0.15) is 0 Å². The fourth-order valence-corrected chi connectivity index (χ4v) is 3.62. The standard InChI is InChI=1S/C23H28F3N3O3/c1-4-5-6-10-31-15-21-27-19-8-7-17(18-12-16(2)22(30)28(3)14-18)13-20(19)29(21)9-11-32-23(24,25)26/h7-8,12-14H,4-6,9-11,15H2,1-3H3. The Morgan fingerprint density at radius 1 is 1.09 bits per heavy atom. The van der Waals surface area contributed by atoms with Gasteiger partial charge in [0.05, 0.1) is 17.6 Å². The highest BCUT2D eigenvalue weighted by Crippen LogP contribution is 2.26. The van der Waals surface area contributed by atoms with Crippen LogP contribution in [0.5, 0.6) is 0 Å². The molecule has 9 heteroatoms. The van der Waals surface area contributed by atoms with Crippen LogP contribution in [0.15, 0.2) is 35.3 Å². The lowest BCUT2D eigenvalue weighted by atomic mass is 10.1. The summed E-state index contributed by atoms with van der Waals surface area (Å²) in [7, 11) is 1.68. The molecule has 174 valence electrons. The van der Waals surface area contributed by atoms with E-state index < -0.39 is 13.0 Å². The van der Waals surface area contributed by atoms with Crippen LogP contribution in [-0.4, -0.2) is 33.7 Å². The lowest BCUT2D eigenvalue weighted by molar-refractivity contribution is -0.325. The summed E-state index contributed by atoms with van der Waals surface area (Å²) >= 11 is 0. The van der Waals surface area contributed by atoms with Gasteiger partial charge in [-0.05, 0) is 42.7 Å². The first-order valence-electron chi connectivity index (χ1n) is 10.6. The van der Waals surface area contributed by atoms with Gasteiger partial charge in [-0.15, -0.1) is 13.2 Å². The van der Waals surface area contributed by atoms with Crippen molar-refractivity contribution < 1.29 is 22.6 Å². The van der Waals surface area contributed by atoms with Crippen molar-refractivity contribution in [2.45, 2.75) is 52.6 Å². The quantitative estimate of drug-likeness (QED) is 0.409. The maximum Gasteiger partial charge on any atom is 0.522 e. The van der Waals surface area contributed by atoms with E-state index in [0.717, 1.165) is 30.4 Å². The highest BCUT2D eigenvalue weighted by atomic mass is 19.4. The van der Waals surface area contributed by atoms with Crippen molar-refractivity contribution in [1.29, 1.82) is 0 Å². The Hall–Kier alpha value is -2.65. The van der Waals surface area contributed by atoms with Crippen molar-refractivity contribution in [1.82, 2.24) is 14.1 Å². The van der Waals surface area contributed by atoms with E-state index in [1.165, 1.54) is 4.57 Å². The zero-order chi connectivity index (χ0) is 23.3.